The zero-order valence-corrected chi connectivity index (χ0v) is 14.8. The van der Waals surface area contributed by atoms with Crippen LogP contribution in [-0.2, 0) is 6.42 Å². The molecule has 3 rings (SSSR count). The lowest BCUT2D eigenvalue weighted by molar-refractivity contribution is 0.138. The Balaban J connectivity index is 1.94. The van der Waals surface area contributed by atoms with E-state index in [-0.39, 0.29) is 11.6 Å². The van der Waals surface area contributed by atoms with E-state index in [0.717, 1.165) is 12.2 Å². The summed E-state index contributed by atoms with van der Waals surface area (Å²) in [7, 11) is 2.01. The molecule has 0 saturated carbocycles. The van der Waals surface area contributed by atoms with E-state index < -0.39 is 0 Å². The first-order valence-electron chi connectivity index (χ1n) is 7.23. The second-order valence-corrected chi connectivity index (χ2v) is 7.42. The van der Waals surface area contributed by atoms with Crippen LogP contribution in [0.15, 0.2) is 42.5 Å². The van der Waals surface area contributed by atoms with E-state index in [1.807, 2.05) is 7.05 Å². The van der Waals surface area contributed by atoms with Crippen LogP contribution in [0.3, 0.4) is 0 Å². The van der Waals surface area contributed by atoms with Crippen molar-refractivity contribution in [2.24, 2.45) is 0 Å². The fraction of sp³-hybridized carbons (Fsp3) is 0.333. The molecule has 2 nitrogen and oxygen atoms in total. The Labute approximate surface area is 140 Å². The van der Waals surface area contributed by atoms with Gasteiger partial charge in [-0.2, -0.15) is 0 Å². The Kier molecular flexibility index (Phi) is 3.97. The monoisotopic (exact) mass is 393 g/mol. The third kappa shape index (κ3) is 3.09. The van der Waals surface area contributed by atoms with Gasteiger partial charge in [0.15, 0.2) is 0 Å². The van der Waals surface area contributed by atoms with E-state index >= 15 is 0 Å². The second-order valence-electron chi connectivity index (χ2n) is 6.18. The molecule has 0 radical (unpaired) electrons. The first-order chi connectivity index (χ1) is 9.98. The minimum Gasteiger partial charge on any atom is -0.487 e. The average Bonchev–Trinajstić information content (AvgIpc) is 2.75. The summed E-state index contributed by atoms with van der Waals surface area (Å²) in [6.45, 7) is 4.28. The normalized spacial score (nSPS) is 17.1. The van der Waals surface area contributed by atoms with Crippen molar-refractivity contribution in [1.29, 1.82) is 0 Å². The van der Waals surface area contributed by atoms with Gasteiger partial charge in [-0.05, 0) is 78.4 Å². The minimum absolute atomic E-state index is 0.0844. The molecule has 3 heteroatoms. The number of ether oxygens (including phenoxy) is 1. The second kappa shape index (κ2) is 5.61. The van der Waals surface area contributed by atoms with Crippen molar-refractivity contribution < 1.29 is 4.74 Å². The lowest BCUT2D eigenvalue weighted by Gasteiger charge is -2.18. The predicted octanol–water partition coefficient (Wildman–Crippen LogP) is 4.31. The molecule has 2 aromatic rings. The van der Waals surface area contributed by atoms with Crippen molar-refractivity contribution in [2.45, 2.75) is 31.9 Å². The van der Waals surface area contributed by atoms with E-state index in [0.29, 0.717) is 0 Å². The highest BCUT2D eigenvalue weighted by molar-refractivity contribution is 14.1. The van der Waals surface area contributed by atoms with Crippen molar-refractivity contribution in [3.8, 4) is 5.75 Å². The molecular formula is C18H20INO. The van der Waals surface area contributed by atoms with E-state index in [2.05, 4.69) is 84.2 Å². The van der Waals surface area contributed by atoms with Crippen LogP contribution in [0.2, 0.25) is 0 Å². The molecule has 0 aromatic heterocycles. The van der Waals surface area contributed by atoms with Crippen LogP contribution in [0.25, 0.3) is 0 Å². The van der Waals surface area contributed by atoms with Gasteiger partial charge in [-0.15, -0.1) is 0 Å². The van der Waals surface area contributed by atoms with Crippen LogP contribution in [-0.4, -0.2) is 12.6 Å². The molecule has 0 amide bonds. The van der Waals surface area contributed by atoms with Gasteiger partial charge in [-0.25, -0.2) is 0 Å². The standard InChI is InChI=1S/C18H20INO/c1-18(2)11-14-10-13(6-9-16(14)21-18)17(20-3)12-4-7-15(19)8-5-12/h4-10,17,20H,11H2,1-3H3. The van der Waals surface area contributed by atoms with Crippen molar-refractivity contribution in [3.05, 3.63) is 62.7 Å². The average molecular weight is 393 g/mol. The third-order valence-corrected chi connectivity index (χ3v) is 4.63. The maximum atomic E-state index is 5.96. The quantitative estimate of drug-likeness (QED) is 0.785. The highest BCUT2D eigenvalue weighted by atomic mass is 127. The van der Waals surface area contributed by atoms with Crippen LogP contribution in [0.4, 0.5) is 0 Å². The Bertz CT molecular complexity index is 649. The van der Waals surface area contributed by atoms with Gasteiger partial charge < -0.3 is 10.1 Å². The maximum absolute atomic E-state index is 5.96. The number of benzene rings is 2. The van der Waals surface area contributed by atoms with Crippen LogP contribution in [0, 0.1) is 3.57 Å². The molecule has 0 saturated heterocycles. The largest absolute Gasteiger partial charge is 0.487 e. The van der Waals surface area contributed by atoms with Crippen LogP contribution < -0.4 is 10.1 Å². The highest BCUT2D eigenvalue weighted by Crippen LogP contribution is 2.37. The molecule has 0 spiro atoms. The molecule has 1 aliphatic heterocycles. The maximum Gasteiger partial charge on any atom is 0.123 e. The Morgan fingerprint density at radius 1 is 1.10 bits per heavy atom. The summed E-state index contributed by atoms with van der Waals surface area (Å²) in [4.78, 5) is 0. The zero-order valence-electron chi connectivity index (χ0n) is 12.6. The van der Waals surface area contributed by atoms with Crippen LogP contribution in [0.5, 0.6) is 5.75 Å². The minimum atomic E-state index is -0.0844. The van der Waals surface area contributed by atoms with Gasteiger partial charge >= 0.3 is 0 Å². The van der Waals surface area contributed by atoms with Gasteiger partial charge in [0.2, 0.25) is 0 Å². The zero-order chi connectivity index (χ0) is 15.0. The van der Waals surface area contributed by atoms with Crippen LogP contribution >= 0.6 is 22.6 Å². The van der Waals surface area contributed by atoms with Gasteiger partial charge in [0.25, 0.3) is 0 Å². The smallest absolute Gasteiger partial charge is 0.123 e. The lowest BCUT2D eigenvalue weighted by Crippen LogP contribution is -2.24. The Morgan fingerprint density at radius 3 is 2.43 bits per heavy atom. The molecule has 0 bridgehead atoms. The topological polar surface area (TPSA) is 21.3 Å². The molecule has 1 atom stereocenters. The van der Waals surface area contributed by atoms with Crippen molar-refractivity contribution >= 4 is 22.6 Å². The van der Waals surface area contributed by atoms with Crippen LogP contribution in [0.1, 0.15) is 36.6 Å². The molecule has 1 aliphatic rings. The Morgan fingerprint density at radius 2 is 1.76 bits per heavy atom. The van der Waals surface area contributed by atoms with Gasteiger partial charge in [0.05, 0.1) is 6.04 Å². The van der Waals surface area contributed by atoms with Crippen molar-refractivity contribution in [1.82, 2.24) is 5.32 Å². The number of halogens is 1. The fourth-order valence-electron chi connectivity index (χ4n) is 2.99. The molecule has 21 heavy (non-hydrogen) atoms. The summed E-state index contributed by atoms with van der Waals surface area (Å²) in [6, 6.07) is 15.5. The molecule has 0 aliphatic carbocycles. The van der Waals surface area contributed by atoms with Gasteiger partial charge in [-0.1, -0.05) is 24.3 Å². The first kappa shape index (κ1) is 14.9. The van der Waals surface area contributed by atoms with Crippen molar-refractivity contribution in [2.75, 3.05) is 7.05 Å². The van der Waals surface area contributed by atoms with E-state index in [4.69, 9.17) is 4.74 Å². The summed E-state index contributed by atoms with van der Waals surface area (Å²) in [5, 5.41) is 3.42. The summed E-state index contributed by atoms with van der Waals surface area (Å²) in [6.07, 6.45) is 0.972. The van der Waals surface area contributed by atoms with E-state index in [9.17, 15) is 0 Å². The number of hydrogen-bond acceptors (Lipinski definition) is 2. The summed E-state index contributed by atoms with van der Waals surface area (Å²) in [5.41, 5.74) is 3.80. The van der Waals surface area contributed by atoms with Gasteiger partial charge in [-0.3, -0.25) is 0 Å². The molecule has 1 N–H and O–H groups in total. The fourth-order valence-corrected chi connectivity index (χ4v) is 3.35. The van der Waals surface area contributed by atoms with E-state index in [1.54, 1.807) is 0 Å². The summed E-state index contributed by atoms with van der Waals surface area (Å²) in [5.74, 6) is 1.03. The van der Waals surface area contributed by atoms with Gasteiger partial charge in [0.1, 0.15) is 11.4 Å². The SMILES string of the molecule is CNC(c1ccc(I)cc1)c1ccc2c(c1)CC(C)(C)O2. The molecule has 0 fully saturated rings. The van der Waals surface area contributed by atoms with E-state index in [1.165, 1.54) is 20.3 Å². The highest BCUT2D eigenvalue weighted by Gasteiger charge is 2.30. The van der Waals surface area contributed by atoms with Gasteiger partial charge in [0, 0.05) is 9.99 Å². The number of fused-ring (bicyclic) bond motifs is 1. The molecule has 1 heterocycles. The number of rotatable bonds is 3. The molecule has 110 valence electrons. The number of hydrogen-bond donors (Lipinski definition) is 1. The summed E-state index contributed by atoms with van der Waals surface area (Å²) >= 11 is 2.34. The summed E-state index contributed by atoms with van der Waals surface area (Å²) < 4.78 is 7.22. The first-order valence-corrected chi connectivity index (χ1v) is 8.31. The lowest BCUT2D eigenvalue weighted by atomic mass is 9.94. The molecular weight excluding hydrogens is 373 g/mol. The molecule has 1 unspecified atom stereocenters. The number of nitrogens with one attached hydrogen (secondary N) is 1. The Hall–Kier alpha value is -1.07. The van der Waals surface area contributed by atoms with Crippen molar-refractivity contribution in [3.63, 3.8) is 0 Å². The third-order valence-electron chi connectivity index (χ3n) is 3.91. The molecule has 2 aromatic carbocycles. The predicted molar refractivity (Wildman–Crippen MR) is 94.9 cm³/mol.